The first-order chi connectivity index (χ1) is 8.02. The van der Waals surface area contributed by atoms with E-state index in [1.165, 1.54) is 17.0 Å². The molecular formula is C8H12N6O3. The van der Waals surface area contributed by atoms with Gasteiger partial charge in [0.15, 0.2) is 5.70 Å². The third-order valence-corrected chi connectivity index (χ3v) is 2.32. The normalized spacial score (nSPS) is 15.1. The SMILES string of the molecule is CN(C)N1NOC=C1c1ncc([N+](=O)[O-])n1C. The number of hydrazine groups is 2. The first-order valence-corrected chi connectivity index (χ1v) is 4.77. The molecule has 1 aliphatic rings. The Morgan fingerprint density at radius 3 is 2.82 bits per heavy atom. The van der Waals surface area contributed by atoms with Gasteiger partial charge in [0.1, 0.15) is 12.5 Å². The van der Waals surface area contributed by atoms with Crippen LogP contribution in [0.15, 0.2) is 12.5 Å². The number of hydrogen-bond donors (Lipinski definition) is 1. The monoisotopic (exact) mass is 240 g/mol. The summed E-state index contributed by atoms with van der Waals surface area (Å²) in [7, 11) is 5.17. The molecule has 1 N–H and O–H groups in total. The molecule has 0 atom stereocenters. The largest absolute Gasteiger partial charge is 0.393 e. The smallest absolute Gasteiger partial charge is 0.342 e. The van der Waals surface area contributed by atoms with Gasteiger partial charge in [0.25, 0.3) is 5.82 Å². The van der Waals surface area contributed by atoms with Gasteiger partial charge in [-0.1, -0.05) is 5.59 Å². The Morgan fingerprint density at radius 2 is 2.29 bits per heavy atom. The Bertz CT molecular complexity index is 480. The van der Waals surface area contributed by atoms with E-state index in [0.29, 0.717) is 11.5 Å². The van der Waals surface area contributed by atoms with Crippen LogP contribution < -0.4 is 5.59 Å². The molecule has 9 nitrogen and oxygen atoms in total. The van der Waals surface area contributed by atoms with Crippen molar-refractivity contribution in [1.29, 1.82) is 0 Å². The second-order valence-corrected chi connectivity index (χ2v) is 3.63. The third-order valence-electron chi connectivity index (χ3n) is 2.32. The molecule has 17 heavy (non-hydrogen) atoms. The molecule has 0 aliphatic carbocycles. The van der Waals surface area contributed by atoms with Gasteiger partial charge in [0, 0.05) is 14.1 Å². The molecule has 1 aliphatic heterocycles. The van der Waals surface area contributed by atoms with E-state index in [2.05, 4.69) is 10.6 Å². The second kappa shape index (κ2) is 4.03. The Morgan fingerprint density at radius 1 is 1.59 bits per heavy atom. The van der Waals surface area contributed by atoms with Gasteiger partial charge in [0.2, 0.25) is 0 Å². The van der Waals surface area contributed by atoms with Gasteiger partial charge >= 0.3 is 5.82 Å². The molecule has 0 bridgehead atoms. The van der Waals surface area contributed by atoms with Crippen LogP contribution in [0.3, 0.4) is 0 Å². The zero-order chi connectivity index (χ0) is 12.6. The van der Waals surface area contributed by atoms with Crippen molar-refractivity contribution < 1.29 is 9.76 Å². The molecule has 0 aromatic carbocycles. The molecule has 0 radical (unpaired) electrons. The van der Waals surface area contributed by atoms with Gasteiger partial charge in [-0.25, -0.2) is 14.6 Å². The second-order valence-electron chi connectivity index (χ2n) is 3.63. The van der Waals surface area contributed by atoms with E-state index in [1.54, 1.807) is 31.3 Å². The van der Waals surface area contributed by atoms with Gasteiger partial charge in [-0.2, -0.15) is 5.12 Å². The maximum absolute atomic E-state index is 10.7. The van der Waals surface area contributed by atoms with Gasteiger partial charge in [0.05, 0.1) is 7.05 Å². The highest BCUT2D eigenvalue weighted by molar-refractivity contribution is 5.58. The minimum Gasteiger partial charge on any atom is -0.393 e. The zero-order valence-electron chi connectivity index (χ0n) is 9.62. The lowest BCUT2D eigenvalue weighted by Gasteiger charge is -2.24. The van der Waals surface area contributed by atoms with Gasteiger partial charge in [-0.15, -0.1) is 0 Å². The molecule has 92 valence electrons. The number of nitrogens with zero attached hydrogens (tertiary/aromatic N) is 5. The Balaban J connectivity index is 2.38. The van der Waals surface area contributed by atoms with Crippen LogP contribution in [0.2, 0.25) is 0 Å². The minimum atomic E-state index is -0.486. The molecule has 1 aromatic rings. The van der Waals surface area contributed by atoms with Crippen LogP contribution >= 0.6 is 0 Å². The van der Waals surface area contributed by atoms with Crippen LogP contribution in [0.25, 0.3) is 5.70 Å². The topological polar surface area (TPSA) is 88.7 Å². The Hall–Kier alpha value is -2.13. The lowest BCUT2D eigenvalue weighted by atomic mass is 10.4. The summed E-state index contributed by atoms with van der Waals surface area (Å²) >= 11 is 0. The average Bonchev–Trinajstić information content (AvgIpc) is 2.82. The quantitative estimate of drug-likeness (QED) is 0.580. The van der Waals surface area contributed by atoms with E-state index in [-0.39, 0.29) is 5.82 Å². The molecule has 9 heteroatoms. The maximum Gasteiger partial charge on any atom is 0.342 e. The number of hydrogen-bond acceptors (Lipinski definition) is 7. The first kappa shape index (κ1) is 11.4. The summed E-state index contributed by atoms with van der Waals surface area (Å²) < 4.78 is 1.39. The van der Waals surface area contributed by atoms with Crippen molar-refractivity contribution in [3.05, 3.63) is 28.4 Å². The van der Waals surface area contributed by atoms with Gasteiger partial charge in [-0.3, -0.25) is 0 Å². The predicted octanol–water partition coefficient (Wildman–Crippen LogP) is -0.145. The van der Waals surface area contributed by atoms with E-state index in [0.717, 1.165) is 0 Å². The predicted molar refractivity (Wildman–Crippen MR) is 57.6 cm³/mol. The van der Waals surface area contributed by atoms with E-state index in [4.69, 9.17) is 4.84 Å². The van der Waals surface area contributed by atoms with Crippen molar-refractivity contribution in [2.75, 3.05) is 14.1 Å². The van der Waals surface area contributed by atoms with Crippen molar-refractivity contribution in [2.24, 2.45) is 7.05 Å². The molecular weight excluding hydrogens is 228 g/mol. The lowest BCUT2D eigenvalue weighted by Crippen LogP contribution is -2.41. The summed E-state index contributed by atoms with van der Waals surface area (Å²) in [5, 5.41) is 14.0. The maximum atomic E-state index is 10.7. The Kier molecular flexibility index (Phi) is 2.69. The molecule has 1 aromatic heterocycles. The van der Waals surface area contributed by atoms with E-state index in [9.17, 15) is 10.1 Å². The zero-order valence-corrected chi connectivity index (χ0v) is 9.62. The van der Waals surface area contributed by atoms with Crippen molar-refractivity contribution in [2.45, 2.75) is 0 Å². The number of aromatic nitrogens is 2. The van der Waals surface area contributed by atoms with Crippen LogP contribution in [-0.2, 0) is 11.9 Å². The fraction of sp³-hybridized carbons (Fsp3) is 0.375. The molecule has 2 rings (SSSR count). The summed E-state index contributed by atoms with van der Waals surface area (Å²) in [6.45, 7) is 0. The van der Waals surface area contributed by atoms with Gasteiger partial charge < -0.3 is 15.0 Å². The molecule has 0 fully saturated rings. The van der Waals surface area contributed by atoms with Crippen molar-refractivity contribution in [3.63, 3.8) is 0 Å². The molecule has 0 spiro atoms. The molecule has 0 saturated heterocycles. The standard InChI is InChI=1S/C8H12N6O3/c1-11(2)13-6(5-17-10-13)8-9-4-7(12(8)3)14(15)16/h4-5,10H,1-3H3. The van der Waals surface area contributed by atoms with Gasteiger partial charge in [-0.05, 0) is 4.92 Å². The van der Waals surface area contributed by atoms with Crippen LogP contribution in [0, 0.1) is 10.1 Å². The van der Waals surface area contributed by atoms with Crippen LogP contribution in [0.5, 0.6) is 0 Å². The van der Waals surface area contributed by atoms with Crippen LogP contribution in [0.1, 0.15) is 5.82 Å². The fourth-order valence-corrected chi connectivity index (χ4v) is 1.48. The summed E-state index contributed by atoms with van der Waals surface area (Å²) in [6, 6.07) is 0. The molecule has 2 heterocycles. The average molecular weight is 240 g/mol. The number of nitro groups is 1. The number of nitrogens with one attached hydrogen (secondary N) is 1. The number of rotatable bonds is 3. The molecule has 0 unspecified atom stereocenters. The van der Waals surface area contributed by atoms with E-state index < -0.39 is 4.92 Å². The highest BCUT2D eigenvalue weighted by atomic mass is 16.7. The molecule has 0 amide bonds. The van der Waals surface area contributed by atoms with E-state index >= 15 is 0 Å². The van der Waals surface area contributed by atoms with Crippen LogP contribution in [-0.4, -0.2) is 38.7 Å². The Labute approximate surface area is 96.9 Å². The summed E-state index contributed by atoms with van der Waals surface area (Å²) in [5.41, 5.74) is 3.20. The fourth-order valence-electron chi connectivity index (χ4n) is 1.48. The number of imidazole rings is 1. The summed E-state index contributed by atoms with van der Waals surface area (Å²) in [5.74, 6) is 0.363. The van der Waals surface area contributed by atoms with Crippen molar-refractivity contribution in [3.8, 4) is 0 Å². The first-order valence-electron chi connectivity index (χ1n) is 4.77. The van der Waals surface area contributed by atoms with Crippen LogP contribution in [0.4, 0.5) is 5.82 Å². The summed E-state index contributed by atoms with van der Waals surface area (Å²) in [6.07, 6.45) is 2.65. The highest BCUT2D eigenvalue weighted by Gasteiger charge is 2.29. The minimum absolute atomic E-state index is 0.0773. The van der Waals surface area contributed by atoms with E-state index in [1.807, 2.05) is 0 Å². The highest BCUT2D eigenvalue weighted by Crippen LogP contribution is 2.23. The molecule has 0 saturated carbocycles. The van der Waals surface area contributed by atoms with Crippen molar-refractivity contribution in [1.82, 2.24) is 25.3 Å². The summed E-state index contributed by atoms with van der Waals surface area (Å²) in [4.78, 5) is 19.2. The third kappa shape index (κ3) is 1.81. The van der Waals surface area contributed by atoms with Crippen molar-refractivity contribution >= 4 is 11.5 Å². The lowest BCUT2D eigenvalue weighted by molar-refractivity contribution is -0.391.